The second-order valence-electron chi connectivity index (χ2n) is 3.93. The summed E-state index contributed by atoms with van der Waals surface area (Å²) in [6.07, 6.45) is 1.70. The van der Waals surface area contributed by atoms with E-state index in [2.05, 4.69) is 33.6 Å². The molecule has 0 aliphatic carbocycles. The molecule has 0 bridgehead atoms. The molecule has 1 atom stereocenters. The van der Waals surface area contributed by atoms with Gasteiger partial charge in [-0.2, -0.15) is 4.98 Å². The fourth-order valence-electron chi connectivity index (χ4n) is 1.60. The number of anilines is 2. The molecule has 0 amide bonds. The second-order valence-corrected chi connectivity index (χ2v) is 6.72. The van der Waals surface area contributed by atoms with Crippen LogP contribution in [0, 0.1) is 6.92 Å². The number of aromatic nitrogens is 2. The zero-order chi connectivity index (χ0) is 13.1. The highest BCUT2D eigenvalue weighted by molar-refractivity contribution is 7.84. The Balaban J connectivity index is 2.31. The van der Waals surface area contributed by atoms with Crippen molar-refractivity contribution < 1.29 is 4.21 Å². The third-order valence-corrected chi connectivity index (χ3v) is 4.14. The third kappa shape index (κ3) is 2.97. The van der Waals surface area contributed by atoms with Gasteiger partial charge in [0.05, 0.1) is 5.39 Å². The zero-order valence-corrected chi connectivity index (χ0v) is 12.2. The lowest BCUT2D eigenvalue weighted by molar-refractivity contribution is 0.687. The highest BCUT2D eigenvalue weighted by Crippen LogP contribution is 2.29. The standard InChI is InChI=1S/C11H16N4OS2/c1-7-6-8-9(13-4-5-18(3)16)14-11(12-2)15-10(8)17-7/h6H,4-5H2,1-3H3,(H2,12,13,14,15). The first-order chi connectivity index (χ1) is 8.60. The number of hydrogen-bond acceptors (Lipinski definition) is 6. The lowest BCUT2D eigenvalue weighted by Gasteiger charge is -2.07. The molecule has 98 valence electrons. The molecule has 0 fully saturated rings. The predicted molar refractivity (Wildman–Crippen MR) is 79.1 cm³/mol. The Hall–Kier alpha value is -1.21. The van der Waals surface area contributed by atoms with Gasteiger partial charge in [-0.05, 0) is 13.0 Å². The molecule has 0 saturated heterocycles. The van der Waals surface area contributed by atoms with Crippen LogP contribution in [0.5, 0.6) is 0 Å². The molecular weight excluding hydrogens is 268 g/mol. The minimum atomic E-state index is -0.794. The smallest absolute Gasteiger partial charge is 0.225 e. The van der Waals surface area contributed by atoms with Crippen LogP contribution in [0.1, 0.15) is 4.88 Å². The van der Waals surface area contributed by atoms with Crippen molar-refractivity contribution in [3.05, 3.63) is 10.9 Å². The Morgan fingerprint density at radius 1 is 1.44 bits per heavy atom. The van der Waals surface area contributed by atoms with Gasteiger partial charge in [-0.1, -0.05) is 0 Å². The maximum absolute atomic E-state index is 11.1. The largest absolute Gasteiger partial charge is 0.368 e. The first-order valence-corrected chi connectivity index (χ1v) is 8.14. The summed E-state index contributed by atoms with van der Waals surface area (Å²) in [6, 6.07) is 2.07. The fourth-order valence-corrected chi connectivity index (χ4v) is 2.87. The van der Waals surface area contributed by atoms with Crippen molar-refractivity contribution in [1.29, 1.82) is 0 Å². The summed E-state index contributed by atoms with van der Waals surface area (Å²) >= 11 is 1.64. The monoisotopic (exact) mass is 284 g/mol. The Morgan fingerprint density at radius 3 is 2.89 bits per heavy atom. The molecule has 0 radical (unpaired) electrons. The van der Waals surface area contributed by atoms with Gasteiger partial charge < -0.3 is 10.6 Å². The molecule has 0 aromatic carbocycles. The van der Waals surface area contributed by atoms with E-state index >= 15 is 0 Å². The Kier molecular flexibility index (Phi) is 4.13. The number of rotatable bonds is 5. The Bertz CT molecular complexity index is 582. The molecule has 7 heteroatoms. The van der Waals surface area contributed by atoms with Crippen molar-refractivity contribution in [3.63, 3.8) is 0 Å². The van der Waals surface area contributed by atoms with Gasteiger partial charge in [-0.3, -0.25) is 4.21 Å². The fraction of sp³-hybridized carbons (Fsp3) is 0.455. The van der Waals surface area contributed by atoms with Crippen LogP contribution in [0.25, 0.3) is 10.2 Å². The van der Waals surface area contributed by atoms with Crippen LogP contribution in [-0.2, 0) is 10.8 Å². The van der Waals surface area contributed by atoms with Gasteiger partial charge in [0.2, 0.25) is 5.95 Å². The summed E-state index contributed by atoms with van der Waals surface area (Å²) in [5, 5.41) is 7.21. The summed E-state index contributed by atoms with van der Waals surface area (Å²) in [5.74, 6) is 2.02. The van der Waals surface area contributed by atoms with Gasteiger partial charge in [-0.15, -0.1) is 11.3 Å². The first kappa shape index (κ1) is 13.2. The summed E-state index contributed by atoms with van der Waals surface area (Å²) in [6.45, 7) is 2.70. The van der Waals surface area contributed by atoms with Crippen molar-refractivity contribution in [1.82, 2.24) is 9.97 Å². The molecule has 0 aliphatic rings. The Labute approximate surface area is 112 Å². The zero-order valence-electron chi connectivity index (χ0n) is 10.6. The molecule has 1 unspecified atom stereocenters. The summed E-state index contributed by atoms with van der Waals surface area (Å²) in [7, 11) is 1.00. The van der Waals surface area contributed by atoms with Gasteiger partial charge in [-0.25, -0.2) is 4.98 Å². The molecule has 0 saturated carbocycles. The SMILES string of the molecule is CNc1nc(NCCS(C)=O)c2cc(C)sc2n1. The molecule has 2 N–H and O–H groups in total. The van der Waals surface area contributed by atoms with E-state index in [1.165, 1.54) is 4.88 Å². The number of hydrogen-bond donors (Lipinski definition) is 2. The Morgan fingerprint density at radius 2 is 2.22 bits per heavy atom. The normalized spacial score (nSPS) is 12.6. The van der Waals surface area contributed by atoms with Crippen molar-refractivity contribution in [2.45, 2.75) is 6.92 Å². The minimum Gasteiger partial charge on any atom is -0.368 e. The van der Waals surface area contributed by atoms with Crippen molar-refractivity contribution in [2.24, 2.45) is 0 Å². The highest BCUT2D eigenvalue weighted by Gasteiger charge is 2.09. The molecule has 5 nitrogen and oxygen atoms in total. The number of nitrogens with zero attached hydrogens (tertiary/aromatic N) is 2. The van der Waals surface area contributed by atoms with Crippen LogP contribution in [-0.4, -0.2) is 39.8 Å². The van der Waals surface area contributed by atoms with Crippen LogP contribution in [0.3, 0.4) is 0 Å². The van der Waals surface area contributed by atoms with Gasteiger partial charge >= 0.3 is 0 Å². The van der Waals surface area contributed by atoms with E-state index in [0.717, 1.165) is 16.0 Å². The van der Waals surface area contributed by atoms with E-state index < -0.39 is 10.8 Å². The number of thiophene rings is 1. The van der Waals surface area contributed by atoms with E-state index in [0.29, 0.717) is 18.2 Å². The van der Waals surface area contributed by atoms with Gasteiger partial charge in [0, 0.05) is 41.3 Å². The summed E-state index contributed by atoms with van der Waals surface area (Å²) in [5.41, 5.74) is 0. The quantitative estimate of drug-likeness (QED) is 0.877. The number of aryl methyl sites for hydroxylation is 1. The average molecular weight is 284 g/mol. The average Bonchev–Trinajstić information content (AvgIpc) is 2.68. The van der Waals surface area contributed by atoms with E-state index in [9.17, 15) is 4.21 Å². The maximum atomic E-state index is 11.1. The number of fused-ring (bicyclic) bond motifs is 1. The maximum Gasteiger partial charge on any atom is 0.225 e. The van der Waals surface area contributed by atoms with E-state index in [1.807, 2.05) is 0 Å². The van der Waals surface area contributed by atoms with Crippen LogP contribution in [0.15, 0.2) is 6.07 Å². The van der Waals surface area contributed by atoms with Crippen LogP contribution in [0.4, 0.5) is 11.8 Å². The van der Waals surface area contributed by atoms with Crippen molar-refractivity contribution >= 4 is 44.1 Å². The first-order valence-electron chi connectivity index (χ1n) is 5.60. The molecule has 18 heavy (non-hydrogen) atoms. The van der Waals surface area contributed by atoms with E-state index in [4.69, 9.17) is 0 Å². The van der Waals surface area contributed by atoms with E-state index in [-0.39, 0.29) is 0 Å². The van der Waals surface area contributed by atoms with Gasteiger partial charge in [0.15, 0.2) is 0 Å². The van der Waals surface area contributed by atoms with E-state index in [1.54, 1.807) is 24.6 Å². The molecule has 0 spiro atoms. The highest BCUT2D eigenvalue weighted by atomic mass is 32.2. The lowest BCUT2D eigenvalue weighted by atomic mass is 10.3. The van der Waals surface area contributed by atoms with Crippen LogP contribution >= 0.6 is 11.3 Å². The predicted octanol–water partition coefficient (Wildman–Crippen LogP) is 1.83. The molecular formula is C11H16N4OS2. The molecule has 2 rings (SSSR count). The molecule has 0 aliphatic heterocycles. The lowest BCUT2D eigenvalue weighted by Crippen LogP contribution is -2.11. The second kappa shape index (κ2) is 5.62. The van der Waals surface area contributed by atoms with Crippen molar-refractivity contribution in [2.75, 3.05) is 36.2 Å². The van der Waals surface area contributed by atoms with Crippen LogP contribution in [0.2, 0.25) is 0 Å². The topological polar surface area (TPSA) is 66.9 Å². The number of nitrogens with one attached hydrogen (secondary N) is 2. The molecule has 2 heterocycles. The van der Waals surface area contributed by atoms with Crippen LogP contribution < -0.4 is 10.6 Å². The van der Waals surface area contributed by atoms with Crippen molar-refractivity contribution in [3.8, 4) is 0 Å². The summed E-state index contributed by atoms with van der Waals surface area (Å²) in [4.78, 5) is 11.0. The third-order valence-electron chi connectivity index (χ3n) is 2.42. The van der Waals surface area contributed by atoms with Gasteiger partial charge in [0.25, 0.3) is 0 Å². The minimum absolute atomic E-state index is 0.601. The molecule has 2 aromatic rings. The molecule has 2 aromatic heterocycles. The van der Waals surface area contributed by atoms with Gasteiger partial charge in [0.1, 0.15) is 10.6 Å². The summed E-state index contributed by atoms with van der Waals surface area (Å²) < 4.78 is 11.1.